The third kappa shape index (κ3) is 5.70. The van der Waals surface area contributed by atoms with Crippen molar-refractivity contribution in [2.45, 2.75) is 6.42 Å². The molecule has 0 saturated heterocycles. The summed E-state index contributed by atoms with van der Waals surface area (Å²) < 4.78 is 10.3. The van der Waals surface area contributed by atoms with Crippen molar-refractivity contribution in [3.05, 3.63) is 24.3 Å². The monoisotopic (exact) mass is 301 g/mol. The number of hydrogen-bond acceptors (Lipinski definition) is 3. The van der Waals surface area contributed by atoms with E-state index in [4.69, 9.17) is 9.47 Å². The summed E-state index contributed by atoms with van der Waals surface area (Å²) >= 11 is 3.22. The summed E-state index contributed by atoms with van der Waals surface area (Å²) in [6.07, 6.45) is 0.453. The number of alkyl halides is 1. The number of ether oxygens (including phenoxy) is 2. The average Bonchev–Trinajstić information content (AvgIpc) is 2.30. The fourth-order valence-electron chi connectivity index (χ4n) is 1.22. The lowest BCUT2D eigenvalue weighted by molar-refractivity contribution is -0.115. The lowest BCUT2D eigenvalue weighted by Gasteiger charge is -2.08. The second kappa shape index (κ2) is 8.08. The Morgan fingerprint density at radius 1 is 1.41 bits per heavy atom. The maximum absolute atomic E-state index is 11.4. The summed E-state index contributed by atoms with van der Waals surface area (Å²) in [5.41, 5.74) is 0.742. The molecular formula is C12H16BrNO3. The Morgan fingerprint density at radius 2 is 2.24 bits per heavy atom. The van der Waals surface area contributed by atoms with Gasteiger partial charge < -0.3 is 14.8 Å². The van der Waals surface area contributed by atoms with E-state index < -0.39 is 0 Å². The first-order valence-corrected chi connectivity index (χ1v) is 6.46. The Bertz CT molecular complexity index is 357. The van der Waals surface area contributed by atoms with Crippen molar-refractivity contribution in [3.63, 3.8) is 0 Å². The van der Waals surface area contributed by atoms with Gasteiger partial charge in [0.1, 0.15) is 12.4 Å². The van der Waals surface area contributed by atoms with E-state index in [9.17, 15) is 4.79 Å². The van der Waals surface area contributed by atoms with Crippen molar-refractivity contribution in [3.8, 4) is 5.75 Å². The molecule has 0 saturated carbocycles. The van der Waals surface area contributed by atoms with Crippen LogP contribution in [-0.2, 0) is 9.53 Å². The molecule has 0 unspecified atom stereocenters. The Balaban J connectivity index is 2.50. The zero-order valence-corrected chi connectivity index (χ0v) is 11.3. The lowest BCUT2D eigenvalue weighted by atomic mass is 10.3. The maximum atomic E-state index is 11.4. The number of carbonyl (C=O) groups is 1. The van der Waals surface area contributed by atoms with Crippen LogP contribution in [0.2, 0.25) is 0 Å². The maximum Gasteiger partial charge on any atom is 0.225 e. The molecule has 1 rings (SSSR count). The van der Waals surface area contributed by atoms with Crippen LogP contribution >= 0.6 is 15.9 Å². The topological polar surface area (TPSA) is 47.6 Å². The molecule has 17 heavy (non-hydrogen) atoms. The number of carbonyl (C=O) groups excluding carboxylic acids is 1. The molecule has 0 heterocycles. The fraction of sp³-hybridized carbons (Fsp3) is 0.417. The molecule has 4 nitrogen and oxygen atoms in total. The van der Waals surface area contributed by atoms with Crippen molar-refractivity contribution in [1.29, 1.82) is 0 Å². The Morgan fingerprint density at radius 3 is 2.94 bits per heavy atom. The molecule has 0 radical (unpaired) electrons. The minimum atomic E-state index is -0.0177. The Labute approximate surface area is 109 Å². The van der Waals surface area contributed by atoms with Crippen LogP contribution in [0, 0.1) is 0 Å². The number of rotatable bonds is 7. The fourth-order valence-corrected chi connectivity index (χ4v) is 1.58. The SMILES string of the molecule is COCCOc1cccc(NC(=O)CCBr)c1. The van der Waals surface area contributed by atoms with E-state index in [1.54, 1.807) is 13.2 Å². The number of anilines is 1. The van der Waals surface area contributed by atoms with Crippen LogP contribution < -0.4 is 10.1 Å². The molecule has 0 spiro atoms. The number of hydrogen-bond donors (Lipinski definition) is 1. The molecule has 0 aliphatic heterocycles. The summed E-state index contributed by atoms with van der Waals surface area (Å²) in [7, 11) is 1.63. The van der Waals surface area contributed by atoms with Crippen LogP contribution in [0.15, 0.2) is 24.3 Å². The van der Waals surface area contributed by atoms with E-state index >= 15 is 0 Å². The normalized spacial score (nSPS) is 10.0. The first-order valence-electron chi connectivity index (χ1n) is 5.34. The third-order valence-corrected chi connectivity index (χ3v) is 2.39. The van der Waals surface area contributed by atoms with Crippen LogP contribution in [0.4, 0.5) is 5.69 Å². The van der Waals surface area contributed by atoms with Crippen molar-refractivity contribution >= 4 is 27.5 Å². The van der Waals surface area contributed by atoms with E-state index in [0.29, 0.717) is 25.0 Å². The molecule has 94 valence electrons. The van der Waals surface area contributed by atoms with Gasteiger partial charge in [0, 0.05) is 30.6 Å². The second-order valence-corrected chi connectivity index (χ2v) is 4.15. The van der Waals surface area contributed by atoms with Crippen LogP contribution in [-0.4, -0.2) is 31.6 Å². The van der Waals surface area contributed by atoms with E-state index in [1.807, 2.05) is 18.2 Å². The molecule has 0 fully saturated rings. The molecule has 0 aromatic heterocycles. The van der Waals surface area contributed by atoms with E-state index in [0.717, 1.165) is 11.4 Å². The van der Waals surface area contributed by atoms with Gasteiger partial charge in [-0.25, -0.2) is 0 Å². The predicted octanol–water partition coefficient (Wildman–Crippen LogP) is 2.44. The van der Waals surface area contributed by atoms with E-state index in [-0.39, 0.29) is 5.91 Å². The van der Waals surface area contributed by atoms with Crippen LogP contribution in [0.3, 0.4) is 0 Å². The highest BCUT2D eigenvalue weighted by atomic mass is 79.9. The van der Waals surface area contributed by atoms with Gasteiger partial charge in [0.15, 0.2) is 0 Å². The Hall–Kier alpha value is -1.07. The Kier molecular flexibility index (Phi) is 6.65. The summed E-state index contributed by atoms with van der Waals surface area (Å²) in [6.45, 7) is 1.04. The highest BCUT2D eigenvalue weighted by Crippen LogP contribution is 2.17. The average molecular weight is 302 g/mol. The lowest BCUT2D eigenvalue weighted by Crippen LogP contribution is -2.11. The first-order chi connectivity index (χ1) is 8.26. The van der Waals surface area contributed by atoms with Crippen molar-refractivity contribution < 1.29 is 14.3 Å². The number of halogens is 1. The zero-order valence-electron chi connectivity index (χ0n) is 9.74. The molecule has 0 aliphatic rings. The first kappa shape index (κ1) is 14.0. The smallest absolute Gasteiger partial charge is 0.225 e. The van der Waals surface area contributed by atoms with Gasteiger partial charge in [0.25, 0.3) is 0 Å². The highest BCUT2D eigenvalue weighted by molar-refractivity contribution is 9.09. The van der Waals surface area contributed by atoms with Crippen LogP contribution in [0.25, 0.3) is 0 Å². The molecule has 0 aliphatic carbocycles. The van der Waals surface area contributed by atoms with Gasteiger partial charge in [0.2, 0.25) is 5.91 Å². The number of benzene rings is 1. The van der Waals surface area contributed by atoms with Crippen LogP contribution in [0.1, 0.15) is 6.42 Å². The van der Waals surface area contributed by atoms with E-state index in [2.05, 4.69) is 21.2 Å². The molecule has 0 bridgehead atoms. The van der Waals surface area contributed by atoms with E-state index in [1.165, 1.54) is 0 Å². The number of amides is 1. The van der Waals surface area contributed by atoms with Gasteiger partial charge >= 0.3 is 0 Å². The molecular weight excluding hydrogens is 286 g/mol. The molecule has 1 aromatic rings. The summed E-state index contributed by atoms with van der Waals surface area (Å²) in [5.74, 6) is 0.703. The minimum Gasteiger partial charge on any atom is -0.491 e. The van der Waals surface area contributed by atoms with Gasteiger partial charge in [0.05, 0.1) is 6.61 Å². The van der Waals surface area contributed by atoms with Crippen molar-refractivity contribution in [2.75, 3.05) is 31.0 Å². The van der Waals surface area contributed by atoms with Gasteiger partial charge in [-0.2, -0.15) is 0 Å². The molecule has 1 aromatic carbocycles. The van der Waals surface area contributed by atoms with Gasteiger partial charge in [-0.3, -0.25) is 4.79 Å². The summed E-state index contributed by atoms with van der Waals surface area (Å²) in [4.78, 5) is 11.4. The minimum absolute atomic E-state index is 0.0177. The zero-order chi connectivity index (χ0) is 12.5. The molecule has 1 amide bonds. The number of nitrogens with one attached hydrogen (secondary N) is 1. The van der Waals surface area contributed by atoms with Crippen molar-refractivity contribution in [1.82, 2.24) is 0 Å². The highest BCUT2D eigenvalue weighted by Gasteiger charge is 2.02. The molecule has 0 atom stereocenters. The summed E-state index contributed by atoms with van der Waals surface area (Å²) in [5, 5.41) is 3.45. The van der Waals surface area contributed by atoms with Gasteiger partial charge in [-0.1, -0.05) is 22.0 Å². The quantitative estimate of drug-likeness (QED) is 0.621. The van der Waals surface area contributed by atoms with Gasteiger partial charge in [-0.15, -0.1) is 0 Å². The molecule has 1 N–H and O–H groups in total. The largest absolute Gasteiger partial charge is 0.491 e. The number of methoxy groups -OCH3 is 1. The predicted molar refractivity (Wildman–Crippen MR) is 70.9 cm³/mol. The second-order valence-electron chi connectivity index (χ2n) is 3.36. The molecule has 5 heteroatoms. The van der Waals surface area contributed by atoms with Crippen LogP contribution in [0.5, 0.6) is 5.75 Å². The van der Waals surface area contributed by atoms with Gasteiger partial charge in [-0.05, 0) is 12.1 Å². The third-order valence-electron chi connectivity index (χ3n) is 2.00. The summed E-state index contributed by atoms with van der Waals surface area (Å²) in [6, 6.07) is 7.30. The standard InChI is InChI=1S/C12H16BrNO3/c1-16-7-8-17-11-4-2-3-10(9-11)14-12(15)5-6-13/h2-4,9H,5-8H2,1H3,(H,14,15). The van der Waals surface area contributed by atoms with Crippen molar-refractivity contribution in [2.24, 2.45) is 0 Å².